The van der Waals surface area contributed by atoms with E-state index in [2.05, 4.69) is 30.2 Å². The third-order valence-corrected chi connectivity index (χ3v) is 5.23. The van der Waals surface area contributed by atoms with Crippen molar-refractivity contribution in [1.82, 2.24) is 3.96 Å². The van der Waals surface area contributed by atoms with Gasteiger partial charge in [0.1, 0.15) is 5.49 Å². The number of hydrogen-bond acceptors (Lipinski definition) is 5. The quantitative estimate of drug-likeness (QED) is 0.393. The number of carbonyl (C=O) groups excluding carboxylic acids is 1. The van der Waals surface area contributed by atoms with Gasteiger partial charge in [-0.25, -0.2) is 13.7 Å². The van der Waals surface area contributed by atoms with E-state index in [9.17, 15) is 4.79 Å². The van der Waals surface area contributed by atoms with E-state index in [0.29, 0.717) is 22.7 Å². The highest BCUT2D eigenvalue weighted by Crippen LogP contribution is 2.18. The molecular weight excluding hydrogens is 372 g/mol. The number of carbonyl (C=O) groups is 1. The van der Waals surface area contributed by atoms with Crippen molar-refractivity contribution >= 4 is 34.8 Å². The molecule has 0 radical (unpaired) electrons. The first kappa shape index (κ1) is 19.6. The van der Waals surface area contributed by atoms with Gasteiger partial charge in [0.15, 0.2) is 0 Å². The van der Waals surface area contributed by atoms with Crippen molar-refractivity contribution < 1.29 is 9.53 Å². The molecule has 2 N–H and O–H groups in total. The molecule has 0 saturated heterocycles. The number of anilines is 1. The van der Waals surface area contributed by atoms with Crippen LogP contribution in [0.5, 0.6) is 0 Å². The molecule has 0 amide bonds. The van der Waals surface area contributed by atoms with Crippen molar-refractivity contribution in [3.8, 4) is 0 Å². The number of aliphatic imine (C=N–C) groups is 1. The van der Waals surface area contributed by atoms with Crippen LogP contribution >= 0.6 is 11.5 Å². The molecule has 1 heterocycles. The van der Waals surface area contributed by atoms with Crippen LogP contribution < -0.4 is 10.8 Å². The molecule has 144 valence electrons. The number of methoxy groups -OCH3 is 1. The van der Waals surface area contributed by atoms with Gasteiger partial charge >= 0.3 is 5.97 Å². The number of hydrogen-bond donors (Lipinski definition) is 2. The summed E-state index contributed by atoms with van der Waals surface area (Å²) in [7, 11) is 1.35. The molecule has 0 saturated carbocycles. The maximum Gasteiger partial charge on any atom is 0.337 e. The highest BCUT2D eigenvalue weighted by Gasteiger charge is 2.10. The third kappa shape index (κ3) is 4.37. The second-order valence-electron chi connectivity index (χ2n) is 6.42. The lowest BCUT2D eigenvalue weighted by Crippen LogP contribution is -2.28. The zero-order valence-corrected chi connectivity index (χ0v) is 17.1. The summed E-state index contributed by atoms with van der Waals surface area (Å²) in [4.78, 5) is 17.3. The summed E-state index contributed by atoms with van der Waals surface area (Å²) in [5, 5.41) is 11.6. The Bertz CT molecular complexity index is 1090. The Hall–Kier alpha value is -3.19. The minimum Gasteiger partial charge on any atom is -0.465 e. The maximum absolute atomic E-state index is 11.6. The molecule has 0 aliphatic rings. The SMILES string of the molecule is COC(=O)c1ccc(N=C(Nc2ccc(C)c(C)c2)n2sc(C)cc2=N)cc1. The second kappa shape index (κ2) is 8.22. The van der Waals surface area contributed by atoms with Crippen LogP contribution in [0.2, 0.25) is 0 Å². The minimum atomic E-state index is -0.388. The van der Waals surface area contributed by atoms with Gasteiger partial charge < -0.3 is 10.1 Å². The fraction of sp³-hybridized carbons (Fsp3) is 0.190. The molecule has 28 heavy (non-hydrogen) atoms. The molecule has 0 spiro atoms. The standard InChI is InChI=1S/C21H22N4O2S/c1-13-5-8-18(11-14(13)2)24-21(25-19(22)12-15(3)28-25)23-17-9-6-16(7-10-17)20(26)27-4/h5-12,22H,1-4H3,(H,23,24). The smallest absolute Gasteiger partial charge is 0.337 e. The van der Waals surface area contributed by atoms with Gasteiger partial charge in [-0.15, -0.1) is 0 Å². The number of ether oxygens (including phenoxy) is 1. The van der Waals surface area contributed by atoms with Gasteiger partial charge in [0.2, 0.25) is 5.96 Å². The van der Waals surface area contributed by atoms with Gasteiger partial charge in [0.05, 0.1) is 18.4 Å². The Morgan fingerprint density at radius 3 is 2.36 bits per heavy atom. The van der Waals surface area contributed by atoms with Crippen molar-refractivity contribution in [1.29, 1.82) is 5.41 Å². The first-order valence-corrected chi connectivity index (χ1v) is 9.51. The first-order valence-electron chi connectivity index (χ1n) is 8.73. The van der Waals surface area contributed by atoms with Gasteiger partial charge in [-0.1, -0.05) is 17.6 Å². The molecule has 7 heteroatoms. The topological polar surface area (TPSA) is 79.5 Å². The minimum absolute atomic E-state index is 0.351. The molecule has 6 nitrogen and oxygen atoms in total. The number of nitrogens with one attached hydrogen (secondary N) is 2. The Morgan fingerprint density at radius 1 is 1.07 bits per heavy atom. The highest BCUT2D eigenvalue weighted by atomic mass is 32.1. The Kier molecular flexibility index (Phi) is 5.75. The van der Waals surface area contributed by atoms with Crippen LogP contribution in [0.15, 0.2) is 53.5 Å². The zero-order chi connectivity index (χ0) is 20.3. The molecule has 2 aromatic carbocycles. The molecule has 3 aromatic rings. The molecule has 0 aliphatic heterocycles. The maximum atomic E-state index is 11.6. The molecule has 0 aliphatic carbocycles. The van der Waals surface area contributed by atoms with Crippen LogP contribution in [-0.2, 0) is 4.74 Å². The highest BCUT2D eigenvalue weighted by molar-refractivity contribution is 7.07. The fourth-order valence-corrected chi connectivity index (χ4v) is 3.39. The van der Waals surface area contributed by atoms with Crippen molar-refractivity contribution in [2.45, 2.75) is 20.8 Å². The molecule has 0 unspecified atom stereocenters. The summed E-state index contributed by atoms with van der Waals surface area (Å²) in [6.07, 6.45) is 0. The van der Waals surface area contributed by atoms with Gasteiger partial charge in [-0.2, -0.15) is 0 Å². The summed E-state index contributed by atoms with van der Waals surface area (Å²) in [6.45, 7) is 6.08. The molecule has 0 bridgehead atoms. The fourth-order valence-electron chi connectivity index (χ4n) is 2.61. The summed E-state index contributed by atoms with van der Waals surface area (Å²) >= 11 is 1.44. The molecule has 1 aromatic heterocycles. The summed E-state index contributed by atoms with van der Waals surface area (Å²) in [6, 6.07) is 14.7. The number of nitrogens with zero attached hydrogens (tertiary/aromatic N) is 2. The number of rotatable bonds is 3. The van der Waals surface area contributed by atoms with Crippen molar-refractivity contribution in [2.24, 2.45) is 4.99 Å². The number of esters is 1. The van der Waals surface area contributed by atoms with E-state index < -0.39 is 0 Å². The number of benzene rings is 2. The van der Waals surface area contributed by atoms with Crippen LogP contribution in [0.3, 0.4) is 0 Å². The van der Waals surface area contributed by atoms with E-state index in [4.69, 9.17) is 10.1 Å². The largest absolute Gasteiger partial charge is 0.465 e. The summed E-state index contributed by atoms with van der Waals surface area (Å²) in [5.74, 6) is 0.137. The van der Waals surface area contributed by atoms with Crippen molar-refractivity contribution in [3.63, 3.8) is 0 Å². The molecule has 3 rings (SSSR count). The lowest BCUT2D eigenvalue weighted by molar-refractivity contribution is 0.0601. The number of aromatic nitrogens is 1. The summed E-state index contributed by atoms with van der Waals surface area (Å²) < 4.78 is 6.47. The molecular formula is C21H22N4O2S. The number of aryl methyl sites for hydroxylation is 3. The lowest BCUT2D eigenvalue weighted by Gasteiger charge is -2.12. The third-order valence-electron chi connectivity index (χ3n) is 4.27. The van der Waals surface area contributed by atoms with E-state index in [-0.39, 0.29) is 5.97 Å². The van der Waals surface area contributed by atoms with Crippen molar-refractivity contribution in [3.05, 3.63) is 75.6 Å². The Balaban J connectivity index is 2.01. The van der Waals surface area contributed by atoms with Gasteiger partial charge in [0.25, 0.3) is 0 Å². The monoisotopic (exact) mass is 394 g/mol. The average Bonchev–Trinajstić information content (AvgIpc) is 3.02. The normalized spacial score (nSPS) is 11.4. The Labute approximate surface area is 167 Å². The van der Waals surface area contributed by atoms with Crippen LogP contribution in [0, 0.1) is 26.2 Å². The first-order chi connectivity index (χ1) is 13.4. The predicted molar refractivity (Wildman–Crippen MR) is 113 cm³/mol. The average molecular weight is 395 g/mol. The van der Waals surface area contributed by atoms with Crippen LogP contribution in [0.1, 0.15) is 26.4 Å². The Morgan fingerprint density at radius 2 is 1.79 bits per heavy atom. The van der Waals surface area contributed by atoms with Crippen LogP contribution in [0.4, 0.5) is 11.4 Å². The van der Waals surface area contributed by atoms with E-state index >= 15 is 0 Å². The van der Waals surface area contributed by atoms with Crippen LogP contribution in [0.25, 0.3) is 0 Å². The summed E-state index contributed by atoms with van der Waals surface area (Å²) in [5.41, 5.74) is 4.76. The van der Waals surface area contributed by atoms with Gasteiger partial charge in [-0.3, -0.25) is 5.41 Å². The second-order valence-corrected chi connectivity index (χ2v) is 7.62. The van der Waals surface area contributed by atoms with Gasteiger partial charge in [-0.05, 0) is 74.4 Å². The lowest BCUT2D eigenvalue weighted by atomic mass is 10.1. The van der Waals surface area contributed by atoms with E-state index in [1.165, 1.54) is 29.8 Å². The van der Waals surface area contributed by atoms with E-state index in [1.54, 1.807) is 34.3 Å². The van der Waals surface area contributed by atoms with Gasteiger partial charge in [0, 0.05) is 10.6 Å². The predicted octanol–water partition coefficient (Wildman–Crippen LogP) is 4.39. The van der Waals surface area contributed by atoms with Crippen LogP contribution in [-0.4, -0.2) is 23.0 Å². The van der Waals surface area contributed by atoms with Crippen molar-refractivity contribution in [2.75, 3.05) is 12.4 Å². The molecule has 0 atom stereocenters. The van der Waals surface area contributed by atoms with E-state index in [0.717, 1.165) is 10.6 Å². The van der Waals surface area contributed by atoms with E-state index in [1.807, 2.05) is 19.1 Å². The molecule has 0 fully saturated rings. The zero-order valence-electron chi connectivity index (χ0n) is 16.2.